The monoisotopic (exact) mass is 277 g/mol. The molecule has 0 saturated heterocycles. The SMILES string of the molecule is Cc1nc(-c2ccc(F)cc2Cl)nc2c1CNCC2. The van der Waals surface area contributed by atoms with E-state index in [1.807, 2.05) is 6.92 Å². The van der Waals surface area contributed by atoms with E-state index in [0.29, 0.717) is 16.4 Å². The second kappa shape index (κ2) is 4.87. The number of benzene rings is 1. The lowest BCUT2D eigenvalue weighted by Crippen LogP contribution is -2.26. The summed E-state index contributed by atoms with van der Waals surface area (Å²) in [7, 11) is 0. The predicted octanol–water partition coefficient (Wildman–Crippen LogP) is 2.89. The highest BCUT2D eigenvalue weighted by molar-refractivity contribution is 6.33. The Morgan fingerprint density at radius 2 is 2.16 bits per heavy atom. The summed E-state index contributed by atoms with van der Waals surface area (Å²) in [5, 5.41) is 3.65. The summed E-state index contributed by atoms with van der Waals surface area (Å²) in [5.41, 5.74) is 3.84. The van der Waals surface area contributed by atoms with Crippen molar-refractivity contribution in [1.29, 1.82) is 0 Å². The van der Waals surface area contributed by atoms with E-state index in [4.69, 9.17) is 11.6 Å². The summed E-state index contributed by atoms with van der Waals surface area (Å²) in [6, 6.07) is 4.29. The molecule has 1 N–H and O–H groups in total. The topological polar surface area (TPSA) is 37.8 Å². The van der Waals surface area contributed by atoms with E-state index < -0.39 is 0 Å². The Hall–Kier alpha value is -1.52. The molecule has 0 aliphatic carbocycles. The molecule has 1 aromatic heterocycles. The van der Waals surface area contributed by atoms with E-state index in [0.717, 1.165) is 36.5 Å². The molecule has 0 spiro atoms. The molecule has 1 aliphatic heterocycles. The van der Waals surface area contributed by atoms with Crippen LogP contribution in [0.2, 0.25) is 5.02 Å². The van der Waals surface area contributed by atoms with Crippen molar-refractivity contribution in [2.45, 2.75) is 19.9 Å². The van der Waals surface area contributed by atoms with Gasteiger partial charge in [0.25, 0.3) is 0 Å². The van der Waals surface area contributed by atoms with E-state index in [1.54, 1.807) is 6.07 Å². The Kier molecular flexibility index (Phi) is 3.21. The molecule has 0 radical (unpaired) electrons. The minimum absolute atomic E-state index is 0.341. The number of halogens is 2. The zero-order valence-electron chi connectivity index (χ0n) is 10.5. The van der Waals surface area contributed by atoms with Gasteiger partial charge in [0.1, 0.15) is 5.82 Å². The number of hydrogen-bond donors (Lipinski definition) is 1. The van der Waals surface area contributed by atoms with Crippen molar-refractivity contribution in [3.8, 4) is 11.4 Å². The fourth-order valence-electron chi connectivity index (χ4n) is 2.30. The first kappa shape index (κ1) is 12.5. The third-order valence-electron chi connectivity index (χ3n) is 3.31. The Morgan fingerprint density at radius 3 is 2.95 bits per heavy atom. The zero-order chi connectivity index (χ0) is 13.4. The maximum atomic E-state index is 13.1. The smallest absolute Gasteiger partial charge is 0.161 e. The quantitative estimate of drug-likeness (QED) is 0.871. The Morgan fingerprint density at radius 1 is 1.32 bits per heavy atom. The lowest BCUT2D eigenvalue weighted by atomic mass is 10.1. The van der Waals surface area contributed by atoms with E-state index in [9.17, 15) is 4.39 Å². The molecule has 1 aromatic carbocycles. The van der Waals surface area contributed by atoms with Gasteiger partial charge in [-0.25, -0.2) is 14.4 Å². The van der Waals surface area contributed by atoms with E-state index in [-0.39, 0.29) is 5.82 Å². The van der Waals surface area contributed by atoms with Crippen LogP contribution in [0, 0.1) is 12.7 Å². The van der Waals surface area contributed by atoms with E-state index in [1.165, 1.54) is 12.1 Å². The molecule has 0 unspecified atom stereocenters. The molecule has 3 rings (SSSR count). The number of hydrogen-bond acceptors (Lipinski definition) is 3. The molecule has 3 nitrogen and oxygen atoms in total. The highest BCUT2D eigenvalue weighted by atomic mass is 35.5. The standard InChI is InChI=1S/C14H13ClFN3/c1-8-11-7-17-5-4-13(11)19-14(18-8)10-3-2-9(16)6-12(10)15/h2-3,6,17H,4-5,7H2,1H3. The lowest BCUT2D eigenvalue weighted by molar-refractivity contribution is 0.621. The van der Waals surface area contributed by atoms with Crippen LogP contribution < -0.4 is 5.32 Å². The molecule has 0 bridgehead atoms. The van der Waals surface area contributed by atoms with Crippen molar-refractivity contribution < 1.29 is 4.39 Å². The van der Waals surface area contributed by atoms with E-state index >= 15 is 0 Å². The van der Waals surface area contributed by atoms with Crippen molar-refractivity contribution >= 4 is 11.6 Å². The van der Waals surface area contributed by atoms with Crippen LogP contribution in [0.3, 0.4) is 0 Å². The average molecular weight is 278 g/mol. The van der Waals surface area contributed by atoms with Gasteiger partial charge in [0.2, 0.25) is 0 Å². The molecular formula is C14H13ClFN3. The van der Waals surface area contributed by atoms with Crippen LogP contribution in [-0.2, 0) is 13.0 Å². The molecule has 0 saturated carbocycles. The minimum atomic E-state index is -0.354. The number of rotatable bonds is 1. The number of aromatic nitrogens is 2. The molecule has 1 aliphatic rings. The number of nitrogens with zero attached hydrogens (tertiary/aromatic N) is 2. The second-order valence-corrected chi connectivity index (χ2v) is 5.02. The summed E-state index contributed by atoms with van der Waals surface area (Å²) in [4.78, 5) is 9.07. The normalized spacial score (nSPS) is 14.3. The van der Waals surface area contributed by atoms with Gasteiger partial charge in [0.05, 0.1) is 10.7 Å². The Bertz CT molecular complexity index is 643. The van der Waals surface area contributed by atoms with Crippen LogP contribution in [0.25, 0.3) is 11.4 Å². The van der Waals surface area contributed by atoms with Gasteiger partial charge in [-0.05, 0) is 25.1 Å². The molecule has 98 valence electrons. The van der Waals surface area contributed by atoms with Gasteiger partial charge in [-0.1, -0.05) is 11.6 Å². The maximum Gasteiger partial charge on any atom is 0.161 e. The van der Waals surface area contributed by atoms with E-state index in [2.05, 4.69) is 15.3 Å². The van der Waals surface area contributed by atoms with Crippen LogP contribution in [0.5, 0.6) is 0 Å². The van der Waals surface area contributed by atoms with Crippen LogP contribution in [0.15, 0.2) is 18.2 Å². The number of aryl methyl sites for hydroxylation is 1. The van der Waals surface area contributed by atoms with Crippen LogP contribution in [-0.4, -0.2) is 16.5 Å². The highest BCUT2D eigenvalue weighted by Crippen LogP contribution is 2.27. The lowest BCUT2D eigenvalue weighted by Gasteiger charge is -2.18. The summed E-state index contributed by atoms with van der Waals surface area (Å²) in [6.07, 6.45) is 0.879. The van der Waals surface area contributed by atoms with Gasteiger partial charge in [-0.15, -0.1) is 0 Å². The first-order chi connectivity index (χ1) is 9.15. The number of nitrogens with one attached hydrogen (secondary N) is 1. The third-order valence-corrected chi connectivity index (χ3v) is 3.62. The fourth-order valence-corrected chi connectivity index (χ4v) is 2.56. The Labute approximate surface area is 115 Å². The van der Waals surface area contributed by atoms with Gasteiger partial charge in [-0.3, -0.25) is 0 Å². The van der Waals surface area contributed by atoms with Crippen molar-refractivity contribution in [3.05, 3.63) is 46.0 Å². The third kappa shape index (κ3) is 2.33. The number of fused-ring (bicyclic) bond motifs is 1. The highest BCUT2D eigenvalue weighted by Gasteiger charge is 2.17. The molecule has 2 aromatic rings. The van der Waals surface area contributed by atoms with Gasteiger partial charge in [-0.2, -0.15) is 0 Å². The van der Waals surface area contributed by atoms with Crippen molar-refractivity contribution in [1.82, 2.24) is 15.3 Å². The van der Waals surface area contributed by atoms with Crippen molar-refractivity contribution in [2.75, 3.05) is 6.54 Å². The van der Waals surface area contributed by atoms with Crippen LogP contribution >= 0.6 is 11.6 Å². The van der Waals surface area contributed by atoms with Crippen LogP contribution in [0.1, 0.15) is 17.0 Å². The first-order valence-electron chi connectivity index (χ1n) is 6.17. The second-order valence-electron chi connectivity index (χ2n) is 4.61. The van der Waals surface area contributed by atoms with Gasteiger partial charge >= 0.3 is 0 Å². The van der Waals surface area contributed by atoms with Gasteiger partial charge in [0, 0.05) is 36.3 Å². The summed E-state index contributed by atoms with van der Waals surface area (Å²) < 4.78 is 13.1. The van der Waals surface area contributed by atoms with Gasteiger partial charge < -0.3 is 5.32 Å². The first-order valence-corrected chi connectivity index (χ1v) is 6.55. The summed E-state index contributed by atoms with van der Waals surface area (Å²) in [6.45, 7) is 3.69. The molecule has 0 fully saturated rings. The molecule has 0 atom stereocenters. The Balaban J connectivity index is 2.13. The molecule has 0 amide bonds. The van der Waals surface area contributed by atoms with Crippen molar-refractivity contribution in [3.63, 3.8) is 0 Å². The summed E-state index contributed by atoms with van der Waals surface area (Å²) >= 11 is 6.07. The van der Waals surface area contributed by atoms with Gasteiger partial charge in [0.15, 0.2) is 5.82 Å². The maximum absolute atomic E-state index is 13.1. The summed E-state index contributed by atoms with van der Waals surface area (Å²) in [5.74, 6) is 0.218. The van der Waals surface area contributed by atoms with Crippen LogP contribution in [0.4, 0.5) is 4.39 Å². The average Bonchev–Trinajstić information content (AvgIpc) is 2.38. The largest absolute Gasteiger partial charge is 0.312 e. The molecule has 19 heavy (non-hydrogen) atoms. The molecule has 2 heterocycles. The molecular weight excluding hydrogens is 265 g/mol. The van der Waals surface area contributed by atoms with Crippen molar-refractivity contribution in [2.24, 2.45) is 0 Å². The molecule has 5 heteroatoms. The fraction of sp³-hybridized carbons (Fsp3) is 0.286. The minimum Gasteiger partial charge on any atom is -0.312 e. The predicted molar refractivity (Wildman–Crippen MR) is 72.6 cm³/mol. The zero-order valence-corrected chi connectivity index (χ0v) is 11.3.